The minimum absolute atomic E-state index is 0.561. The molecule has 0 saturated carbocycles. The van der Waals surface area contributed by atoms with Crippen molar-refractivity contribution in [2.24, 2.45) is 0 Å². The van der Waals surface area contributed by atoms with Crippen molar-refractivity contribution in [3.05, 3.63) is 78.4 Å². The van der Waals surface area contributed by atoms with E-state index in [1.54, 1.807) is 0 Å². The van der Waals surface area contributed by atoms with Crippen LogP contribution in [0.3, 0.4) is 0 Å². The van der Waals surface area contributed by atoms with Gasteiger partial charge in [-0.25, -0.2) is 9.36 Å². The molecule has 0 saturated heterocycles. The number of hydrogen-bond donors (Lipinski definition) is 0. The van der Waals surface area contributed by atoms with Gasteiger partial charge in [0, 0.05) is 5.69 Å². The van der Waals surface area contributed by atoms with Crippen LogP contribution in [0.25, 0.3) is 22.1 Å². The predicted molar refractivity (Wildman–Crippen MR) is 113 cm³/mol. The van der Waals surface area contributed by atoms with Crippen LogP contribution in [0, 0.1) is 0 Å². The maximum absolute atomic E-state index is 4.39. The second-order valence-electron chi connectivity index (χ2n) is 6.96. The first kappa shape index (κ1) is 17.4. The number of benzene rings is 3. The van der Waals surface area contributed by atoms with Crippen LogP contribution in [0.15, 0.2) is 72.8 Å². The molecule has 7 nitrogen and oxygen atoms in total. The van der Waals surface area contributed by atoms with E-state index < -0.39 is 0 Å². The topological polar surface area (TPSA) is 64.7 Å². The van der Waals surface area contributed by atoms with Gasteiger partial charge in [-0.2, -0.15) is 0 Å². The molecule has 0 amide bonds. The van der Waals surface area contributed by atoms with Crippen molar-refractivity contribution >= 4 is 27.8 Å². The number of aromatic nitrogens is 6. The predicted octanol–water partition coefficient (Wildman–Crippen LogP) is 3.86. The zero-order valence-corrected chi connectivity index (χ0v) is 16.2. The Hall–Kier alpha value is -3.74. The van der Waals surface area contributed by atoms with E-state index in [1.165, 1.54) is 5.56 Å². The molecule has 0 radical (unpaired) electrons. The number of para-hydroxylation sites is 3. The third-order valence-electron chi connectivity index (χ3n) is 5.16. The highest BCUT2D eigenvalue weighted by molar-refractivity contribution is 5.74. The van der Waals surface area contributed by atoms with Gasteiger partial charge in [0.25, 0.3) is 0 Å². The first-order chi connectivity index (χ1) is 14.3. The van der Waals surface area contributed by atoms with Crippen molar-refractivity contribution < 1.29 is 0 Å². The van der Waals surface area contributed by atoms with Crippen molar-refractivity contribution in [2.45, 2.75) is 26.7 Å². The zero-order chi connectivity index (χ0) is 19.6. The molecule has 29 heavy (non-hydrogen) atoms. The van der Waals surface area contributed by atoms with E-state index >= 15 is 0 Å². The van der Waals surface area contributed by atoms with Gasteiger partial charge in [-0.3, -0.25) is 0 Å². The first-order valence-electron chi connectivity index (χ1n) is 9.73. The minimum Gasteiger partial charge on any atom is -0.332 e. The Balaban J connectivity index is 1.57. The summed E-state index contributed by atoms with van der Waals surface area (Å²) in [7, 11) is 0. The molecular weight excluding hydrogens is 362 g/mol. The Kier molecular flexibility index (Phi) is 4.40. The SMILES string of the molecule is CCc1ccccc1N(Cn1nnc2ccccc21)Cn1nnc2ccccc21. The van der Waals surface area contributed by atoms with Crippen LogP contribution in [0.1, 0.15) is 12.5 Å². The number of fused-ring (bicyclic) bond motifs is 2. The smallest absolute Gasteiger partial charge is 0.116 e. The van der Waals surface area contributed by atoms with Crippen molar-refractivity contribution in [3.63, 3.8) is 0 Å². The van der Waals surface area contributed by atoms with Crippen LogP contribution in [-0.2, 0) is 19.8 Å². The van der Waals surface area contributed by atoms with E-state index in [0.29, 0.717) is 13.3 Å². The Morgan fingerprint density at radius 3 is 1.79 bits per heavy atom. The monoisotopic (exact) mass is 383 g/mol. The molecule has 0 atom stereocenters. The third-order valence-corrected chi connectivity index (χ3v) is 5.16. The quantitative estimate of drug-likeness (QED) is 0.445. The lowest BCUT2D eigenvalue weighted by Gasteiger charge is -2.27. The summed E-state index contributed by atoms with van der Waals surface area (Å²) in [6.07, 6.45) is 0.947. The highest BCUT2D eigenvalue weighted by Gasteiger charge is 2.16. The van der Waals surface area contributed by atoms with Crippen molar-refractivity contribution in [1.29, 1.82) is 0 Å². The Morgan fingerprint density at radius 2 is 1.21 bits per heavy atom. The molecule has 2 heterocycles. The minimum atomic E-state index is 0.561. The Labute approximate surface area is 168 Å². The highest BCUT2D eigenvalue weighted by atomic mass is 15.5. The van der Waals surface area contributed by atoms with Gasteiger partial charge in [-0.1, -0.05) is 59.8 Å². The lowest BCUT2D eigenvalue weighted by molar-refractivity contribution is 0.497. The summed E-state index contributed by atoms with van der Waals surface area (Å²) < 4.78 is 3.86. The van der Waals surface area contributed by atoms with Crippen LogP contribution in [0.2, 0.25) is 0 Å². The summed E-state index contributed by atoms with van der Waals surface area (Å²) in [5, 5.41) is 17.4. The van der Waals surface area contributed by atoms with Crippen LogP contribution in [0.5, 0.6) is 0 Å². The summed E-state index contributed by atoms with van der Waals surface area (Å²) in [6.45, 7) is 3.30. The summed E-state index contributed by atoms with van der Waals surface area (Å²) in [5.74, 6) is 0. The molecule has 0 aliphatic rings. The maximum atomic E-state index is 4.39. The van der Waals surface area contributed by atoms with Crippen LogP contribution < -0.4 is 4.90 Å². The van der Waals surface area contributed by atoms with Gasteiger partial charge in [0.05, 0.1) is 11.0 Å². The highest BCUT2D eigenvalue weighted by Crippen LogP contribution is 2.24. The number of nitrogens with zero attached hydrogens (tertiary/aromatic N) is 7. The molecule has 5 rings (SSSR count). The summed E-state index contributed by atoms with van der Waals surface area (Å²) >= 11 is 0. The zero-order valence-electron chi connectivity index (χ0n) is 16.2. The third kappa shape index (κ3) is 3.20. The maximum Gasteiger partial charge on any atom is 0.116 e. The van der Waals surface area contributed by atoms with Crippen LogP contribution in [0.4, 0.5) is 5.69 Å². The molecule has 5 aromatic rings. The molecule has 3 aromatic carbocycles. The lowest BCUT2D eigenvalue weighted by Crippen LogP contribution is -2.30. The molecule has 0 aliphatic heterocycles. The molecule has 144 valence electrons. The number of hydrogen-bond acceptors (Lipinski definition) is 5. The van der Waals surface area contributed by atoms with Gasteiger partial charge < -0.3 is 4.90 Å². The van der Waals surface area contributed by atoms with Gasteiger partial charge in [0.2, 0.25) is 0 Å². The largest absolute Gasteiger partial charge is 0.332 e. The molecular formula is C22H21N7. The molecule has 0 aliphatic carbocycles. The lowest BCUT2D eigenvalue weighted by atomic mass is 10.1. The average Bonchev–Trinajstić information content (AvgIpc) is 3.38. The van der Waals surface area contributed by atoms with Crippen LogP contribution >= 0.6 is 0 Å². The van der Waals surface area contributed by atoms with E-state index in [2.05, 4.69) is 56.7 Å². The van der Waals surface area contributed by atoms with Gasteiger partial charge in [-0.15, -0.1) is 10.2 Å². The van der Waals surface area contributed by atoms with Crippen LogP contribution in [-0.4, -0.2) is 30.0 Å². The fourth-order valence-corrected chi connectivity index (χ4v) is 3.68. The van der Waals surface area contributed by atoms with Gasteiger partial charge in [0.15, 0.2) is 0 Å². The van der Waals surface area contributed by atoms with Crippen molar-refractivity contribution in [3.8, 4) is 0 Å². The number of rotatable bonds is 6. The Morgan fingerprint density at radius 1 is 0.690 bits per heavy atom. The second-order valence-corrected chi connectivity index (χ2v) is 6.96. The summed E-state index contributed by atoms with van der Waals surface area (Å²) in [5.41, 5.74) is 6.24. The van der Waals surface area contributed by atoms with E-state index in [1.807, 2.05) is 57.9 Å². The summed E-state index contributed by atoms with van der Waals surface area (Å²) in [6, 6.07) is 24.5. The fraction of sp³-hybridized carbons (Fsp3) is 0.182. The normalized spacial score (nSPS) is 11.3. The van der Waals surface area contributed by atoms with Gasteiger partial charge in [0.1, 0.15) is 24.4 Å². The van der Waals surface area contributed by atoms with E-state index in [4.69, 9.17) is 0 Å². The number of anilines is 1. The molecule has 7 heteroatoms. The fourth-order valence-electron chi connectivity index (χ4n) is 3.68. The average molecular weight is 383 g/mol. The molecule has 0 unspecified atom stereocenters. The second kappa shape index (κ2) is 7.35. The summed E-state index contributed by atoms with van der Waals surface area (Å²) in [4.78, 5) is 2.26. The molecule has 2 aromatic heterocycles. The van der Waals surface area contributed by atoms with Crippen molar-refractivity contribution in [2.75, 3.05) is 4.90 Å². The standard InChI is InChI=1S/C22H21N7/c1-2-17-9-3-6-12-20(17)27(15-28-21-13-7-4-10-18(21)23-25-28)16-29-22-14-8-5-11-19(22)24-26-29/h3-14H,2,15-16H2,1H3. The van der Waals surface area contributed by atoms with E-state index in [0.717, 1.165) is 34.2 Å². The van der Waals surface area contributed by atoms with Crippen molar-refractivity contribution in [1.82, 2.24) is 30.0 Å². The van der Waals surface area contributed by atoms with E-state index in [9.17, 15) is 0 Å². The van der Waals surface area contributed by atoms with E-state index in [-0.39, 0.29) is 0 Å². The Bertz CT molecular complexity index is 1190. The molecule has 0 spiro atoms. The molecule has 0 fully saturated rings. The molecule has 0 bridgehead atoms. The molecule has 0 N–H and O–H groups in total. The number of aryl methyl sites for hydroxylation is 1. The van der Waals surface area contributed by atoms with Gasteiger partial charge in [-0.05, 0) is 42.3 Å². The first-order valence-corrected chi connectivity index (χ1v) is 9.73. The van der Waals surface area contributed by atoms with Gasteiger partial charge >= 0.3 is 0 Å².